The Bertz CT molecular complexity index is 2930. The fraction of sp³-hybridized carbons (Fsp3) is 0.514. The summed E-state index contributed by atoms with van der Waals surface area (Å²) in [6.07, 6.45) is 12.9. The standard InChI is InChI=1S/C70H92N2/c1-65(2,3)46-33-47(66(4,5)6)37-52(36-46)71-61-42-59(44-25-21-19-22-26-44)55-30-32-58-62(43-60(45-27-23-20-24-28-45)56-29-31-57(61)63(55)64(56)58)72(53-38-48(67(7,8)9)34-49(39-53)68(10,11)12)54-40-50(69(13,14)15)35-51(41-54)70(16,17)18/h29-45,71H,19-28H2,1-18H3. The highest BCUT2D eigenvalue weighted by Gasteiger charge is 2.32. The van der Waals surface area contributed by atoms with Crippen LogP contribution in [-0.4, -0.2) is 0 Å². The number of rotatable bonds is 7. The molecule has 0 amide bonds. The van der Waals surface area contributed by atoms with E-state index in [1.807, 2.05) is 0 Å². The predicted octanol–water partition coefficient (Wildman–Crippen LogP) is 21.7. The molecule has 0 heterocycles. The zero-order chi connectivity index (χ0) is 52.1. The number of nitrogens with one attached hydrogen (secondary N) is 1. The average molecular weight is 962 g/mol. The molecule has 1 N–H and O–H groups in total. The van der Waals surface area contributed by atoms with Gasteiger partial charge in [0.25, 0.3) is 0 Å². The molecular formula is C70H92N2. The molecule has 0 spiro atoms. The van der Waals surface area contributed by atoms with Gasteiger partial charge in [0.1, 0.15) is 0 Å². The molecule has 2 heteroatoms. The third-order valence-corrected chi connectivity index (χ3v) is 17.0. The minimum Gasteiger partial charge on any atom is -0.355 e. The van der Waals surface area contributed by atoms with E-state index >= 15 is 0 Å². The molecule has 2 aliphatic rings. The van der Waals surface area contributed by atoms with Gasteiger partial charge >= 0.3 is 0 Å². The summed E-state index contributed by atoms with van der Waals surface area (Å²) < 4.78 is 0. The van der Waals surface area contributed by atoms with E-state index in [4.69, 9.17) is 0 Å². The smallest absolute Gasteiger partial charge is 0.0543 e. The van der Waals surface area contributed by atoms with Crippen molar-refractivity contribution in [3.63, 3.8) is 0 Å². The molecule has 0 bridgehead atoms. The van der Waals surface area contributed by atoms with Crippen molar-refractivity contribution in [1.82, 2.24) is 0 Å². The van der Waals surface area contributed by atoms with Crippen LogP contribution in [0.15, 0.2) is 91.0 Å². The summed E-state index contributed by atoms with van der Waals surface area (Å²) in [7, 11) is 0. The summed E-state index contributed by atoms with van der Waals surface area (Å²) in [6, 6.07) is 37.9. The van der Waals surface area contributed by atoms with Crippen molar-refractivity contribution in [2.45, 2.75) is 233 Å². The molecule has 7 aromatic rings. The van der Waals surface area contributed by atoms with E-state index in [0.29, 0.717) is 11.8 Å². The Morgan fingerprint density at radius 1 is 0.347 bits per heavy atom. The number of anilines is 5. The Kier molecular flexibility index (Phi) is 13.4. The van der Waals surface area contributed by atoms with E-state index < -0.39 is 0 Å². The van der Waals surface area contributed by atoms with Gasteiger partial charge in [-0.05, 0) is 185 Å². The fourth-order valence-electron chi connectivity index (χ4n) is 12.2. The highest BCUT2D eigenvalue weighted by atomic mass is 15.1. The lowest BCUT2D eigenvalue weighted by molar-refractivity contribution is 0.445. The van der Waals surface area contributed by atoms with Crippen LogP contribution in [0, 0.1) is 0 Å². The second kappa shape index (κ2) is 18.5. The molecule has 0 aromatic heterocycles. The third-order valence-electron chi connectivity index (χ3n) is 17.0. The molecule has 0 aliphatic heterocycles. The van der Waals surface area contributed by atoms with Crippen LogP contribution in [0.5, 0.6) is 0 Å². The lowest BCUT2D eigenvalue weighted by Gasteiger charge is -2.35. The van der Waals surface area contributed by atoms with Gasteiger partial charge < -0.3 is 10.2 Å². The molecule has 0 radical (unpaired) electrons. The second-order valence-corrected chi connectivity index (χ2v) is 29.0. The maximum Gasteiger partial charge on any atom is 0.0543 e. The van der Waals surface area contributed by atoms with E-state index in [2.05, 4.69) is 226 Å². The third kappa shape index (κ3) is 10.3. The van der Waals surface area contributed by atoms with Gasteiger partial charge in [-0.2, -0.15) is 0 Å². The minimum atomic E-state index is -0.0413. The summed E-state index contributed by atoms with van der Waals surface area (Å²) in [6.45, 7) is 42.8. The van der Waals surface area contributed by atoms with Gasteiger partial charge in [0, 0.05) is 33.5 Å². The quantitative estimate of drug-likeness (QED) is 0.160. The van der Waals surface area contributed by atoms with Gasteiger partial charge in [0.2, 0.25) is 0 Å². The van der Waals surface area contributed by atoms with Crippen LogP contribution in [0.3, 0.4) is 0 Å². The first kappa shape index (κ1) is 52.1. The van der Waals surface area contributed by atoms with Crippen LogP contribution in [0.25, 0.3) is 32.3 Å². The molecule has 2 saturated carbocycles. The maximum absolute atomic E-state index is 4.20. The van der Waals surface area contributed by atoms with Crippen molar-refractivity contribution >= 4 is 60.8 Å². The second-order valence-electron chi connectivity index (χ2n) is 29.0. The fourth-order valence-corrected chi connectivity index (χ4v) is 12.2. The normalized spacial score (nSPS) is 16.4. The molecule has 0 unspecified atom stereocenters. The first-order valence-electron chi connectivity index (χ1n) is 28.3. The minimum absolute atomic E-state index is 0.0193. The lowest BCUT2D eigenvalue weighted by Crippen LogP contribution is -2.21. The van der Waals surface area contributed by atoms with Gasteiger partial charge in [0.05, 0.1) is 5.69 Å². The number of hydrogen-bond donors (Lipinski definition) is 1. The van der Waals surface area contributed by atoms with Crippen molar-refractivity contribution in [1.29, 1.82) is 0 Å². The number of benzene rings is 7. The molecule has 382 valence electrons. The molecule has 2 nitrogen and oxygen atoms in total. The summed E-state index contributed by atoms with van der Waals surface area (Å²) in [5.74, 6) is 1.04. The van der Waals surface area contributed by atoms with Crippen LogP contribution in [0.1, 0.15) is 245 Å². The van der Waals surface area contributed by atoms with Gasteiger partial charge in [0.15, 0.2) is 0 Å². The monoisotopic (exact) mass is 961 g/mol. The zero-order valence-corrected chi connectivity index (χ0v) is 48.3. The molecular weight excluding hydrogens is 869 g/mol. The molecule has 0 saturated heterocycles. The van der Waals surface area contributed by atoms with E-state index in [0.717, 1.165) is 0 Å². The summed E-state index contributed by atoms with van der Waals surface area (Å²) in [4.78, 5) is 2.72. The predicted molar refractivity (Wildman–Crippen MR) is 318 cm³/mol. The van der Waals surface area contributed by atoms with Crippen molar-refractivity contribution < 1.29 is 0 Å². The molecule has 72 heavy (non-hydrogen) atoms. The first-order valence-corrected chi connectivity index (χ1v) is 28.3. The zero-order valence-electron chi connectivity index (χ0n) is 48.3. The van der Waals surface area contributed by atoms with Gasteiger partial charge in [-0.1, -0.05) is 206 Å². The largest absolute Gasteiger partial charge is 0.355 e. The topological polar surface area (TPSA) is 15.3 Å². The number of nitrogens with zero attached hydrogens (tertiary/aromatic N) is 1. The maximum atomic E-state index is 4.20. The molecule has 2 aliphatic carbocycles. The van der Waals surface area contributed by atoms with Gasteiger partial charge in [-0.3, -0.25) is 0 Å². The van der Waals surface area contributed by atoms with E-state index in [1.165, 1.54) is 169 Å². The van der Waals surface area contributed by atoms with Crippen LogP contribution in [0.2, 0.25) is 0 Å². The molecule has 7 aromatic carbocycles. The number of hydrogen-bond acceptors (Lipinski definition) is 2. The van der Waals surface area contributed by atoms with Crippen LogP contribution < -0.4 is 10.2 Å². The molecule has 9 rings (SSSR count). The Morgan fingerprint density at radius 2 is 0.667 bits per heavy atom. The van der Waals surface area contributed by atoms with Crippen LogP contribution in [-0.2, 0) is 32.5 Å². The van der Waals surface area contributed by atoms with E-state index in [9.17, 15) is 0 Å². The summed E-state index contributed by atoms with van der Waals surface area (Å²) >= 11 is 0. The van der Waals surface area contributed by atoms with Gasteiger partial charge in [-0.15, -0.1) is 0 Å². The molecule has 2 fully saturated rings. The van der Waals surface area contributed by atoms with Crippen molar-refractivity contribution in [3.05, 3.63) is 136 Å². The summed E-state index contributed by atoms with van der Waals surface area (Å²) in [5, 5.41) is 12.7. The summed E-state index contributed by atoms with van der Waals surface area (Å²) in [5.41, 5.74) is 17.4. The van der Waals surface area contributed by atoms with Crippen molar-refractivity contribution in [2.24, 2.45) is 0 Å². The molecule has 0 atom stereocenters. The Morgan fingerprint density at radius 3 is 1.04 bits per heavy atom. The van der Waals surface area contributed by atoms with E-state index in [-0.39, 0.29) is 32.5 Å². The highest BCUT2D eigenvalue weighted by Crippen LogP contribution is 2.53. The first-order chi connectivity index (χ1) is 33.5. The lowest BCUT2D eigenvalue weighted by atomic mass is 9.77. The highest BCUT2D eigenvalue weighted by molar-refractivity contribution is 6.29. The van der Waals surface area contributed by atoms with Gasteiger partial charge in [-0.25, -0.2) is 0 Å². The van der Waals surface area contributed by atoms with Crippen molar-refractivity contribution in [2.75, 3.05) is 10.2 Å². The van der Waals surface area contributed by atoms with Crippen LogP contribution >= 0.6 is 0 Å². The Balaban J connectivity index is 1.43. The Labute approximate surface area is 437 Å². The van der Waals surface area contributed by atoms with Crippen molar-refractivity contribution in [3.8, 4) is 0 Å². The SMILES string of the molecule is CC(C)(C)c1cc(Nc2cc(C3CCCCC3)c3ccc4c(N(c5cc(C(C)(C)C)cc(C(C)(C)C)c5)c5cc(C(C)(C)C)cc(C(C)(C)C)c5)cc(C5CCCCC5)c5ccc2c3c54)cc(C(C)(C)C)c1. The van der Waals surface area contributed by atoms with E-state index in [1.54, 1.807) is 0 Å². The van der Waals surface area contributed by atoms with Crippen LogP contribution in [0.4, 0.5) is 28.4 Å². The average Bonchev–Trinajstić information content (AvgIpc) is 3.30. The Hall–Kier alpha value is -4.82.